The predicted molar refractivity (Wildman–Crippen MR) is 105 cm³/mol. The van der Waals surface area contributed by atoms with Gasteiger partial charge in [0, 0.05) is 29.1 Å². The van der Waals surface area contributed by atoms with Crippen LogP contribution in [0.4, 0.5) is 0 Å². The van der Waals surface area contributed by atoms with E-state index in [9.17, 15) is 4.79 Å². The van der Waals surface area contributed by atoms with Gasteiger partial charge < -0.3 is 0 Å². The van der Waals surface area contributed by atoms with Gasteiger partial charge in [0.2, 0.25) is 0 Å². The summed E-state index contributed by atoms with van der Waals surface area (Å²) in [6.07, 6.45) is 6.95. The summed E-state index contributed by atoms with van der Waals surface area (Å²) in [5.41, 5.74) is 5.23. The van der Waals surface area contributed by atoms with Crippen LogP contribution in [0.2, 0.25) is 0 Å². The lowest BCUT2D eigenvalue weighted by molar-refractivity contribution is 0.101. The number of aromatic nitrogens is 1. The van der Waals surface area contributed by atoms with Crippen molar-refractivity contribution in [3.63, 3.8) is 0 Å². The second-order valence-electron chi connectivity index (χ2n) is 6.30. The quantitative estimate of drug-likeness (QED) is 0.491. The molecule has 0 N–H and O–H groups in total. The molecule has 0 saturated carbocycles. The Labute approximate surface area is 154 Å². The van der Waals surface area contributed by atoms with Gasteiger partial charge in [0.05, 0.1) is 0 Å². The van der Waals surface area contributed by atoms with E-state index in [-0.39, 0.29) is 5.78 Å². The van der Waals surface area contributed by atoms with E-state index < -0.39 is 0 Å². The van der Waals surface area contributed by atoms with Crippen molar-refractivity contribution < 1.29 is 4.79 Å². The summed E-state index contributed by atoms with van der Waals surface area (Å²) in [4.78, 5) is 15.4. The minimum absolute atomic E-state index is 0.0728. The van der Waals surface area contributed by atoms with E-state index in [0.29, 0.717) is 5.56 Å². The van der Waals surface area contributed by atoms with Crippen LogP contribution in [0, 0.1) is 11.8 Å². The smallest absolute Gasteiger partial charge is 0.159 e. The molecule has 1 heterocycles. The summed E-state index contributed by atoms with van der Waals surface area (Å²) in [6.45, 7) is 1.57. The Kier molecular flexibility index (Phi) is 5.96. The molecule has 128 valence electrons. The molecule has 2 aromatic carbocycles. The summed E-state index contributed by atoms with van der Waals surface area (Å²) in [5, 5.41) is 0. The highest BCUT2D eigenvalue weighted by Gasteiger charge is 1.98. The predicted octanol–water partition coefficient (Wildman–Crippen LogP) is 4.86. The van der Waals surface area contributed by atoms with Crippen molar-refractivity contribution in [1.82, 2.24) is 4.98 Å². The van der Waals surface area contributed by atoms with Gasteiger partial charge in [-0.25, -0.2) is 0 Å². The average molecular weight is 339 g/mol. The van der Waals surface area contributed by atoms with E-state index in [2.05, 4.69) is 47.2 Å². The van der Waals surface area contributed by atoms with Gasteiger partial charge in [-0.05, 0) is 67.6 Å². The lowest BCUT2D eigenvalue weighted by Crippen LogP contribution is -1.91. The van der Waals surface area contributed by atoms with Crippen molar-refractivity contribution in [2.75, 3.05) is 0 Å². The van der Waals surface area contributed by atoms with E-state index in [0.717, 1.165) is 30.4 Å². The van der Waals surface area contributed by atoms with E-state index >= 15 is 0 Å². The van der Waals surface area contributed by atoms with Crippen LogP contribution in [-0.4, -0.2) is 10.8 Å². The molecule has 0 bridgehead atoms. The number of hydrogen-bond donors (Lipinski definition) is 0. The fourth-order valence-electron chi connectivity index (χ4n) is 2.73. The molecular weight excluding hydrogens is 318 g/mol. The molecule has 26 heavy (non-hydrogen) atoms. The molecule has 0 aliphatic heterocycles. The van der Waals surface area contributed by atoms with Crippen LogP contribution in [0.3, 0.4) is 0 Å². The van der Waals surface area contributed by atoms with Crippen molar-refractivity contribution >= 4 is 5.78 Å². The molecule has 0 fully saturated rings. The second-order valence-corrected chi connectivity index (χ2v) is 6.30. The first-order valence-electron chi connectivity index (χ1n) is 8.81. The number of carbonyl (C=O) groups is 1. The highest BCUT2D eigenvalue weighted by Crippen LogP contribution is 2.10. The highest BCUT2D eigenvalue weighted by molar-refractivity contribution is 5.94. The average Bonchev–Trinajstić information content (AvgIpc) is 2.68. The molecule has 0 unspecified atom stereocenters. The van der Waals surface area contributed by atoms with E-state index in [4.69, 9.17) is 0 Å². The van der Waals surface area contributed by atoms with Gasteiger partial charge in [0.1, 0.15) is 0 Å². The third-order valence-electron chi connectivity index (χ3n) is 4.25. The zero-order valence-electron chi connectivity index (χ0n) is 14.9. The Morgan fingerprint density at radius 3 is 2.04 bits per heavy atom. The largest absolute Gasteiger partial charge is 0.295 e. The summed E-state index contributed by atoms with van der Waals surface area (Å²) in [7, 11) is 0. The maximum Gasteiger partial charge on any atom is 0.159 e. The standard InChI is InChI=1S/C24H21NO/c1-19(26)24-15-13-22(14-16-24)12-11-21-9-7-20(8-10-21)4-2-5-23-6-3-17-25-18-23/h3,6-10,13-18H,2,4-5H2,1H3. The highest BCUT2D eigenvalue weighted by atomic mass is 16.1. The zero-order chi connectivity index (χ0) is 18.2. The molecule has 2 heteroatoms. The monoisotopic (exact) mass is 339 g/mol. The fraction of sp³-hybridized carbons (Fsp3) is 0.167. The van der Waals surface area contributed by atoms with Crippen molar-refractivity contribution in [2.45, 2.75) is 26.2 Å². The van der Waals surface area contributed by atoms with Gasteiger partial charge in [0.15, 0.2) is 5.78 Å². The van der Waals surface area contributed by atoms with E-state index in [1.54, 1.807) is 13.1 Å². The van der Waals surface area contributed by atoms with Gasteiger partial charge in [-0.15, -0.1) is 0 Å². The second kappa shape index (κ2) is 8.78. The topological polar surface area (TPSA) is 30.0 Å². The van der Waals surface area contributed by atoms with Crippen molar-refractivity contribution in [3.05, 3.63) is 101 Å². The van der Waals surface area contributed by atoms with Crippen LogP contribution in [0.5, 0.6) is 0 Å². The van der Waals surface area contributed by atoms with Crippen molar-refractivity contribution in [1.29, 1.82) is 0 Å². The maximum atomic E-state index is 11.3. The van der Waals surface area contributed by atoms with Crippen molar-refractivity contribution in [3.8, 4) is 11.8 Å². The van der Waals surface area contributed by atoms with Gasteiger partial charge in [-0.2, -0.15) is 0 Å². The first-order chi connectivity index (χ1) is 12.7. The van der Waals surface area contributed by atoms with Gasteiger partial charge >= 0.3 is 0 Å². The fourth-order valence-corrected chi connectivity index (χ4v) is 2.73. The number of rotatable bonds is 5. The SMILES string of the molecule is CC(=O)c1ccc(C#Cc2ccc(CCCc3cccnc3)cc2)cc1. The molecule has 3 aromatic rings. The summed E-state index contributed by atoms with van der Waals surface area (Å²) in [5.74, 6) is 6.39. The minimum atomic E-state index is 0.0728. The zero-order valence-corrected chi connectivity index (χ0v) is 14.9. The van der Waals surface area contributed by atoms with Crippen LogP contribution in [0.25, 0.3) is 0 Å². The lowest BCUT2D eigenvalue weighted by atomic mass is 10.0. The third kappa shape index (κ3) is 5.16. The molecular formula is C24H21NO. The van der Waals surface area contributed by atoms with E-state index in [1.165, 1.54) is 11.1 Å². The maximum absolute atomic E-state index is 11.3. The Balaban J connectivity index is 1.55. The van der Waals surface area contributed by atoms with Crippen molar-refractivity contribution in [2.24, 2.45) is 0 Å². The number of Topliss-reactive ketones (excluding diaryl/α,β-unsaturated/α-hetero) is 1. The van der Waals surface area contributed by atoms with Crippen LogP contribution in [0.15, 0.2) is 73.1 Å². The van der Waals surface area contributed by atoms with Crippen LogP contribution in [0.1, 0.15) is 46.0 Å². The van der Waals surface area contributed by atoms with Crippen LogP contribution >= 0.6 is 0 Å². The summed E-state index contributed by atoms with van der Waals surface area (Å²) in [6, 6.07) is 19.9. The number of aryl methyl sites for hydroxylation is 2. The number of carbonyl (C=O) groups excluding carboxylic acids is 1. The lowest BCUT2D eigenvalue weighted by Gasteiger charge is -2.02. The minimum Gasteiger partial charge on any atom is -0.295 e. The molecule has 0 radical (unpaired) electrons. The molecule has 0 amide bonds. The number of nitrogens with zero attached hydrogens (tertiary/aromatic N) is 1. The Morgan fingerprint density at radius 1 is 0.846 bits per heavy atom. The molecule has 2 nitrogen and oxygen atoms in total. The van der Waals surface area contributed by atoms with Crippen LogP contribution in [-0.2, 0) is 12.8 Å². The normalized spacial score (nSPS) is 10.0. The first-order valence-corrected chi connectivity index (χ1v) is 8.81. The van der Waals surface area contributed by atoms with Crippen LogP contribution < -0.4 is 0 Å². The molecule has 0 aliphatic rings. The van der Waals surface area contributed by atoms with Gasteiger partial charge in [0.25, 0.3) is 0 Å². The Hall–Kier alpha value is -3.18. The molecule has 3 rings (SSSR count). The van der Waals surface area contributed by atoms with E-state index in [1.807, 2.05) is 36.5 Å². The van der Waals surface area contributed by atoms with Gasteiger partial charge in [-0.3, -0.25) is 9.78 Å². The number of hydrogen-bond acceptors (Lipinski definition) is 2. The third-order valence-corrected chi connectivity index (χ3v) is 4.25. The number of benzene rings is 2. The Bertz CT molecular complexity index is 914. The molecule has 0 aliphatic carbocycles. The summed E-state index contributed by atoms with van der Waals surface area (Å²) >= 11 is 0. The first kappa shape index (κ1) is 17.6. The Morgan fingerprint density at radius 2 is 1.46 bits per heavy atom. The number of pyridine rings is 1. The molecule has 0 atom stereocenters. The number of ketones is 1. The summed E-state index contributed by atoms with van der Waals surface area (Å²) < 4.78 is 0. The molecule has 0 spiro atoms. The van der Waals surface area contributed by atoms with Gasteiger partial charge in [-0.1, -0.05) is 42.2 Å². The molecule has 0 saturated heterocycles. The molecule has 1 aromatic heterocycles.